The Labute approximate surface area is 125 Å². The van der Waals surface area contributed by atoms with Crippen LogP contribution in [0.5, 0.6) is 0 Å². The fourth-order valence-corrected chi connectivity index (χ4v) is 2.55. The van der Waals surface area contributed by atoms with Gasteiger partial charge in [0.2, 0.25) is 0 Å². The lowest BCUT2D eigenvalue weighted by Gasteiger charge is -2.11. The second kappa shape index (κ2) is 5.60. The summed E-state index contributed by atoms with van der Waals surface area (Å²) in [5.41, 5.74) is 6.83. The van der Waals surface area contributed by atoms with Crippen molar-refractivity contribution in [2.45, 2.75) is 33.7 Å². The molecule has 0 bridgehead atoms. The van der Waals surface area contributed by atoms with Gasteiger partial charge in [-0.15, -0.1) is 0 Å². The van der Waals surface area contributed by atoms with Gasteiger partial charge in [0.05, 0.1) is 0 Å². The number of nitrogens with one attached hydrogen (secondary N) is 1. The molecule has 2 aromatic carbocycles. The highest BCUT2D eigenvalue weighted by Gasteiger charge is 2.06. The van der Waals surface area contributed by atoms with E-state index < -0.39 is 0 Å². The van der Waals surface area contributed by atoms with Gasteiger partial charge in [0.15, 0.2) is 11.5 Å². The maximum atomic E-state index is 5.63. The van der Waals surface area contributed by atoms with Crippen LogP contribution in [0.15, 0.2) is 40.8 Å². The molecule has 0 aliphatic heterocycles. The first kappa shape index (κ1) is 13.7. The number of benzene rings is 2. The van der Waals surface area contributed by atoms with E-state index in [1.807, 2.05) is 25.1 Å². The van der Waals surface area contributed by atoms with Crippen LogP contribution in [0, 0.1) is 13.8 Å². The maximum Gasteiger partial charge on any atom is 0.195 e. The first-order valence-corrected chi connectivity index (χ1v) is 7.36. The molecule has 0 spiro atoms. The van der Waals surface area contributed by atoms with E-state index in [4.69, 9.17) is 4.42 Å². The van der Waals surface area contributed by atoms with Gasteiger partial charge in [-0.25, -0.2) is 4.98 Å². The summed E-state index contributed by atoms with van der Waals surface area (Å²) in [6.45, 7) is 7.17. The average Bonchev–Trinajstić information content (AvgIpc) is 2.89. The third-order valence-electron chi connectivity index (χ3n) is 3.85. The summed E-state index contributed by atoms with van der Waals surface area (Å²) in [6, 6.07) is 12.5. The molecule has 0 fully saturated rings. The molecule has 0 atom stereocenters. The fraction of sp³-hybridized carbons (Fsp3) is 0.278. The quantitative estimate of drug-likeness (QED) is 0.757. The van der Waals surface area contributed by atoms with E-state index >= 15 is 0 Å². The molecule has 0 saturated heterocycles. The fourth-order valence-electron chi connectivity index (χ4n) is 2.55. The normalized spacial score (nSPS) is 11.0. The molecule has 0 saturated carbocycles. The van der Waals surface area contributed by atoms with Gasteiger partial charge < -0.3 is 9.73 Å². The molecule has 0 radical (unpaired) electrons. The van der Waals surface area contributed by atoms with Crippen molar-refractivity contribution in [3.63, 3.8) is 0 Å². The molecule has 3 rings (SSSR count). The van der Waals surface area contributed by atoms with Crippen molar-refractivity contribution < 1.29 is 4.42 Å². The van der Waals surface area contributed by atoms with E-state index in [-0.39, 0.29) is 0 Å². The highest BCUT2D eigenvalue weighted by atomic mass is 16.3. The van der Waals surface area contributed by atoms with Crippen molar-refractivity contribution in [2.75, 3.05) is 5.32 Å². The molecule has 108 valence electrons. The summed E-state index contributed by atoms with van der Waals surface area (Å²) >= 11 is 0. The minimum Gasteiger partial charge on any atom is -0.441 e. The molecule has 3 heteroatoms. The summed E-state index contributed by atoms with van der Waals surface area (Å²) in [5, 5.41) is 3.48. The van der Waals surface area contributed by atoms with Crippen LogP contribution in [0.3, 0.4) is 0 Å². The van der Waals surface area contributed by atoms with Gasteiger partial charge in [0.1, 0.15) is 5.52 Å². The Kier molecular flexibility index (Phi) is 3.65. The summed E-state index contributed by atoms with van der Waals surface area (Å²) in [5.74, 6) is 0.789. The van der Waals surface area contributed by atoms with Crippen LogP contribution in [0.1, 0.15) is 29.5 Å². The van der Waals surface area contributed by atoms with E-state index in [0.717, 1.165) is 35.6 Å². The second-order valence-electron chi connectivity index (χ2n) is 5.37. The number of hydrogen-bond donors (Lipinski definition) is 1. The molecule has 0 unspecified atom stereocenters. The molecule has 1 aromatic heterocycles. The molecular weight excluding hydrogens is 260 g/mol. The van der Waals surface area contributed by atoms with Gasteiger partial charge >= 0.3 is 0 Å². The molecular formula is C18H20N2O. The van der Waals surface area contributed by atoms with Crippen molar-refractivity contribution >= 4 is 16.8 Å². The zero-order valence-electron chi connectivity index (χ0n) is 12.7. The average molecular weight is 280 g/mol. The number of hydrogen-bond acceptors (Lipinski definition) is 3. The Morgan fingerprint density at radius 1 is 1.10 bits per heavy atom. The van der Waals surface area contributed by atoms with Gasteiger partial charge in [-0.1, -0.05) is 25.1 Å². The molecule has 0 aliphatic rings. The molecule has 3 aromatic rings. The van der Waals surface area contributed by atoms with Crippen LogP contribution < -0.4 is 5.32 Å². The smallest absolute Gasteiger partial charge is 0.195 e. The van der Waals surface area contributed by atoms with Crippen LogP contribution in [0.2, 0.25) is 0 Å². The minimum atomic E-state index is 0.789. The predicted molar refractivity (Wildman–Crippen MR) is 86.6 cm³/mol. The van der Waals surface area contributed by atoms with Crippen molar-refractivity contribution in [1.82, 2.24) is 4.98 Å². The molecule has 3 nitrogen and oxygen atoms in total. The highest BCUT2D eigenvalue weighted by molar-refractivity contribution is 5.77. The van der Waals surface area contributed by atoms with Crippen molar-refractivity contribution in [3.8, 4) is 0 Å². The van der Waals surface area contributed by atoms with Crippen molar-refractivity contribution in [1.29, 1.82) is 0 Å². The lowest BCUT2D eigenvalue weighted by Crippen LogP contribution is -2.03. The lowest BCUT2D eigenvalue weighted by molar-refractivity contribution is 0.538. The summed E-state index contributed by atoms with van der Waals surface area (Å²) in [6.07, 6.45) is 0.819. The SMILES string of the molecule is CCc1nc2cc(NCc3c(C)cccc3C)ccc2o1. The highest BCUT2D eigenvalue weighted by Crippen LogP contribution is 2.21. The third-order valence-corrected chi connectivity index (χ3v) is 3.85. The number of aromatic nitrogens is 1. The standard InChI is InChI=1S/C18H20N2O/c1-4-18-20-16-10-14(8-9-17(16)21-18)19-11-15-12(2)6-5-7-13(15)3/h5-10,19H,4,11H2,1-3H3. The number of rotatable bonds is 4. The van der Waals surface area contributed by atoms with E-state index in [2.05, 4.69) is 42.3 Å². The van der Waals surface area contributed by atoms with Gasteiger partial charge in [-0.05, 0) is 48.7 Å². The number of fused-ring (bicyclic) bond motifs is 1. The Hall–Kier alpha value is -2.29. The van der Waals surface area contributed by atoms with Gasteiger partial charge in [-0.3, -0.25) is 0 Å². The summed E-state index contributed by atoms with van der Waals surface area (Å²) < 4.78 is 5.63. The Balaban J connectivity index is 1.82. The van der Waals surface area contributed by atoms with E-state index in [9.17, 15) is 0 Å². The largest absolute Gasteiger partial charge is 0.441 e. The topological polar surface area (TPSA) is 38.1 Å². The van der Waals surface area contributed by atoms with E-state index in [1.54, 1.807) is 0 Å². The van der Waals surface area contributed by atoms with Crippen LogP contribution in [-0.2, 0) is 13.0 Å². The summed E-state index contributed by atoms with van der Waals surface area (Å²) in [4.78, 5) is 4.48. The van der Waals surface area contributed by atoms with Crippen LogP contribution >= 0.6 is 0 Å². The van der Waals surface area contributed by atoms with Crippen LogP contribution in [0.4, 0.5) is 5.69 Å². The number of anilines is 1. The van der Waals surface area contributed by atoms with Gasteiger partial charge in [-0.2, -0.15) is 0 Å². The Morgan fingerprint density at radius 3 is 2.57 bits per heavy atom. The van der Waals surface area contributed by atoms with Gasteiger partial charge in [0, 0.05) is 18.7 Å². The molecule has 1 N–H and O–H groups in total. The van der Waals surface area contributed by atoms with Crippen molar-refractivity contribution in [2.24, 2.45) is 0 Å². The second-order valence-corrected chi connectivity index (χ2v) is 5.37. The van der Waals surface area contributed by atoms with Crippen LogP contribution in [0.25, 0.3) is 11.1 Å². The number of nitrogens with zero attached hydrogens (tertiary/aromatic N) is 1. The Bertz CT molecular complexity index is 754. The summed E-state index contributed by atoms with van der Waals surface area (Å²) in [7, 11) is 0. The van der Waals surface area contributed by atoms with E-state index in [1.165, 1.54) is 16.7 Å². The third kappa shape index (κ3) is 2.77. The number of oxazole rings is 1. The molecule has 0 amide bonds. The predicted octanol–water partition coefficient (Wildman–Crippen LogP) is 4.62. The molecule has 21 heavy (non-hydrogen) atoms. The first-order valence-electron chi connectivity index (χ1n) is 7.36. The van der Waals surface area contributed by atoms with E-state index in [0.29, 0.717) is 0 Å². The maximum absolute atomic E-state index is 5.63. The number of aryl methyl sites for hydroxylation is 3. The zero-order chi connectivity index (χ0) is 14.8. The molecule has 0 aliphatic carbocycles. The minimum absolute atomic E-state index is 0.789. The first-order chi connectivity index (χ1) is 10.2. The Morgan fingerprint density at radius 2 is 1.86 bits per heavy atom. The van der Waals surface area contributed by atoms with Gasteiger partial charge in [0.25, 0.3) is 0 Å². The zero-order valence-corrected chi connectivity index (χ0v) is 12.7. The molecule has 1 heterocycles. The van der Waals surface area contributed by atoms with Crippen molar-refractivity contribution in [3.05, 3.63) is 59.0 Å². The lowest BCUT2D eigenvalue weighted by atomic mass is 10.0. The monoisotopic (exact) mass is 280 g/mol. The van der Waals surface area contributed by atoms with Crippen LogP contribution in [-0.4, -0.2) is 4.98 Å².